The van der Waals surface area contributed by atoms with Crippen LogP contribution in [-0.2, 0) is 5.41 Å². The summed E-state index contributed by atoms with van der Waals surface area (Å²) < 4.78 is 5.77. The van der Waals surface area contributed by atoms with E-state index in [2.05, 4.69) is 38.5 Å². The fourth-order valence-corrected chi connectivity index (χ4v) is 3.06. The van der Waals surface area contributed by atoms with Crippen molar-refractivity contribution >= 4 is 0 Å². The number of ether oxygens (including phenoxy) is 1. The normalized spacial score (nSPS) is 23.2. The lowest BCUT2D eigenvalue weighted by molar-refractivity contribution is 0.234. The van der Waals surface area contributed by atoms with Crippen LogP contribution in [0, 0.1) is 6.42 Å². The van der Waals surface area contributed by atoms with Crippen LogP contribution in [0.15, 0.2) is 18.2 Å². The van der Waals surface area contributed by atoms with Crippen molar-refractivity contribution in [1.82, 2.24) is 0 Å². The van der Waals surface area contributed by atoms with Crippen molar-refractivity contribution in [2.75, 3.05) is 6.61 Å². The topological polar surface area (TPSA) is 9.23 Å². The van der Waals surface area contributed by atoms with E-state index >= 15 is 0 Å². The van der Waals surface area contributed by atoms with Gasteiger partial charge in [0.2, 0.25) is 0 Å². The second-order valence-corrected chi connectivity index (χ2v) is 6.01. The number of hydrogen-bond acceptors (Lipinski definition) is 1. The maximum atomic E-state index is 5.77. The Labute approximate surface area is 104 Å². The van der Waals surface area contributed by atoms with Gasteiger partial charge in [0.25, 0.3) is 0 Å². The first-order valence-corrected chi connectivity index (χ1v) is 6.77. The van der Waals surface area contributed by atoms with Crippen molar-refractivity contribution in [3.8, 4) is 5.75 Å². The molecule has 1 heteroatoms. The molecule has 1 nitrogen and oxygen atoms in total. The molecule has 3 rings (SSSR count). The van der Waals surface area contributed by atoms with Gasteiger partial charge in [-0.1, -0.05) is 32.4 Å². The van der Waals surface area contributed by atoms with Crippen molar-refractivity contribution in [3.63, 3.8) is 0 Å². The predicted molar refractivity (Wildman–Crippen MR) is 70.5 cm³/mol. The standard InChI is InChI=1S/C16H21O/c1-16(2)9-10-17-15-8-7-13(11-14(15)16)12-5-3-4-6-12/h5,7-8,11-12H,3-4,6,9-10H2,1-2H3. The van der Waals surface area contributed by atoms with Crippen molar-refractivity contribution < 1.29 is 4.74 Å². The van der Waals surface area contributed by atoms with E-state index in [-0.39, 0.29) is 5.41 Å². The summed E-state index contributed by atoms with van der Waals surface area (Å²) in [6.07, 6.45) is 7.54. The molecule has 1 unspecified atom stereocenters. The molecule has 17 heavy (non-hydrogen) atoms. The molecule has 2 aliphatic rings. The summed E-state index contributed by atoms with van der Waals surface area (Å²) in [6, 6.07) is 6.82. The minimum absolute atomic E-state index is 0.266. The Bertz CT molecular complexity index is 414. The van der Waals surface area contributed by atoms with Crippen molar-refractivity contribution in [2.45, 2.75) is 50.9 Å². The molecular weight excluding hydrogens is 208 g/mol. The number of rotatable bonds is 1. The lowest BCUT2D eigenvalue weighted by Gasteiger charge is -2.33. The molecule has 0 saturated heterocycles. The largest absolute Gasteiger partial charge is 0.493 e. The van der Waals surface area contributed by atoms with Crippen LogP contribution in [0.2, 0.25) is 0 Å². The first-order valence-electron chi connectivity index (χ1n) is 6.77. The van der Waals surface area contributed by atoms with Gasteiger partial charge in [-0.3, -0.25) is 0 Å². The molecule has 1 aliphatic carbocycles. The van der Waals surface area contributed by atoms with Gasteiger partial charge in [0.05, 0.1) is 6.61 Å². The van der Waals surface area contributed by atoms with Gasteiger partial charge < -0.3 is 4.74 Å². The van der Waals surface area contributed by atoms with E-state index in [1.54, 1.807) is 0 Å². The Hall–Kier alpha value is -0.980. The molecule has 91 valence electrons. The monoisotopic (exact) mass is 229 g/mol. The Kier molecular flexibility index (Phi) is 2.65. The third kappa shape index (κ3) is 1.96. The van der Waals surface area contributed by atoms with Crippen LogP contribution < -0.4 is 4.74 Å². The van der Waals surface area contributed by atoms with E-state index in [1.807, 2.05) is 0 Å². The highest BCUT2D eigenvalue weighted by atomic mass is 16.5. The zero-order chi connectivity index (χ0) is 11.9. The van der Waals surface area contributed by atoms with Crippen LogP contribution in [0.25, 0.3) is 0 Å². The van der Waals surface area contributed by atoms with E-state index in [1.165, 1.54) is 30.4 Å². The summed E-state index contributed by atoms with van der Waals surface area (Å²) in [4.78, 5) is 0. The van der Waals surface area contributed by atoms with Crippen LogP contribution in [0.3, 0.4) is 0 Å². The quantitative estimate of drug-likeness (QED) is 0.700. The minimum Gasteiger partial charge on any atom is -0.493 e. The van der Waals surface area contributed by atoms with E-state index in [0.29, 0.717) is 5.92 Å². The van der Waals surface area contributed by atoms with E-state index < -0.39 is 0 Å². The summed E-state index contributed by atoms with van der Waals surface area (Å²) in [7, 11) is 0. The molecule has 0 amide bonds. The molecule has 1 aliphatic heterocycles. The Morgan fingerprint density at radius 2 is 2.18 bits per heavy atom. The van der Waals surface area contributed by atoms with Crippen LogP contribution in [-0.4, -0.2) is 6.61 Å². The molecule has 1 aromatic carbocycles. The Morgan fingerprint density at radius 1 is 1.29 bits per heavy atom. The number of benzene rings is 1. The maximum Gasteiger partial charge on any atom is 0.123 e. The molecule has 0 spiro atoms. The van der Waals surface area contributed by atoms with Crippen LogP contribution in [0.5, 0.6) is 5.75 Å². The van der Waals surface area contributed by atoms with Crippen LogP contribution >= 0.6 is 0 Å². The van der Waals surface area contributed by atoms with E-state index in [0.717, 1.165) is 18.8 Å². The van der Waals surface area contributed by atoms with Gasteiger partial charge in [-0.2, -0.15) is 0 Å². The van der Waals surface area contributed by atoms with Crippen molar-refractivity contribution in [3.05, 3.63) is 35.7 Å². The van der Waals surface area contributed by atoms with Gasteiger partial charge in [0.1, 0.15) is 5.75 Å². The van der Waals surface area contributed by atoms with Crippen LogP contribution in [0.4, 0.5) is 0 Å². The summed E-state index contributed by atoms with van der Waals surface area (Å²) in [5.74, 6) is 1.78. The second-order valence-electron chi connectivity index (χ2n) is 6.01. The lowest BCUT2D eigenvalue weighted by atomic mass is 9.78. The number of fused-ring (bicyclic) bond motifs is 1. The van der Waals surface area contributed by atoms with E-state index in [9.17, 15) is 0 Å². The van der Waals surface area contributed by atoms with Crippen molar-refractivity contribution in [2.24, 2.45) is 0 Å². The highest BCUT2D eigenvalue weighted by Gasteiger charge is 2.29. The van der Waals surface area contributed by atoms with Gasteiger partial charge in [-0.15, -0.1) is 0 Å². The molecular formula is C16H21O. The van der Waals surface area contributed by atoms with Gasteiger partial charge in [0.15, 0.2) is 0 Å². The number of hydrogen-bond donors (Lipinski definition) is 0. The average molecular weight is 229 g/mol. The molecule has 1 heterocycles. The zero-order valence-corrected chi connectivity index (χ0v) is 10.8. The van der Waals surface area contributed by atoms with Gasteiger partial charge in [-0.25, -0.2) is 0 Å². The summed E-state index contributed by atoms with van der Waals surface area (Å²) >= 11 is 0. The molecule has 0 bridgehead atoms. The highest BCUT2D eigenvalue weighted by molar-refractivity contribution is 5.45. The third-order valence-electron chi connectivity index (χ3n) is 4.32. The fraction of sp³-hybridized carbons (Fsp3) is 0.562. The molecule has 1 atom stereocenters. The molecule has 0 aromatic heterocycles. The zero-order valence-electron chi connectivity index (χ0n) is 10.8. The Balaban J connectivity index is 1.98. The Morgan fingerprint density at radius 3 is 2.94 bits per heavy atom. The molecule has 0 N–H and O–H groups in total. The van der Waals surface area contributed by atoms with Crippen LogP contribution in [0.1, 0.15) is 56.6 Å². The first-order chi connectivity index (χ1) is 8.17. The summed E-state index contributed by atoms with van der Waals surface area (Å²) in [6.45, 7) is 5.52. The minimum atomic E-state index is 0.266. The second kappa shape index (κ2) is 4.04. The highest BCUT2D eigenvalue weighted by Crippen LogP contribution is 2.41. The van der Waals surface area contributed by atoms with Gasteiger partial charge in [0, 0.05) is 5.56 Å². The summed E-state index contributed by atoms with van der Waals surface area (Å²) in [5.41, 5.74) is 3.16. The average Bonchev–Trinajstić information content (AvgIpc) is 2.82. The smallest absolute Gasteiger partial charge is 0.123 e. The maximum absolute atomic E-state index is 5.77. The SMILES string of the molecule is CC1(C)CCOc2ccc(C3[CH]CCC3)cc21. The molecule has 1 saturated carbocycles. The van der Waals surface area contributed by atoms with Gasteiger partial charge >= 0.3 is 0 Å². The molecule has 1 radical (unpaired) electrons. The molecule has 1 fully saturated rings. The van der Waals surface area contributed by atoms with Crippen molar-refractivity contribution in [1.29, 1.82) is 0 Å². The molecule has 1 aromatic rings. The van der Waals surface area contributed by atoms with Gasteiger partial charge in [-0.05, 0) is 48.6 Å². The third-order valence-corrected chi connectivity index (χ3v) is 4.32. The summed E-state index contributed by atoms with van der Waals surface area (Å²) in [5, 5.41) is 0. The first kappa shape index (κ1) is 11.1. The predicted octanol–water partition coefficient (Wildman–Crippen LogP) is 4.22. The van der Waals surface area contributed by atoms with E-state index in [4.69, 9.17) is 4.74 Å². The lowest BCUT2D eigenvalue weighted by Crippen LogP contribution is -2.26. The fourth-order valence-electron chi connectivity index (χ4n) is 3.06.